The molecule has 1 heterocycles. The number of nitrogens with two attached hydrogens (primary N) is 2. The summed E-state index contributed by atoms with van der Waals surface area (Å²) in [6.07, 6.45) is 5.37. The Bertz CT molecular complexity index is 1040. The van der Waals surface area contributed by atoms with Gasteiger partial charge in [-0.15, -0.1) is 0 Å². The highest BCUT2D eigenvalue weighted by Gasteiger charge is 2.41. The summed E-state index contributed by atoms with van der Waals surface area (Å²) in [4.78, 5) is 25.6. The third-order valence-electron chi connectivity index (χ3n) is 6.18. The Morgan fingerprint density at radius 3 is 2.66 bits per heavy atom. The van der Waals surface area contributed by atoms with Crippen molar-refractivity contribution in [1.29, 1.82) is 0 Å². The van der Waals surface area contributed by atoms with Gasteiger partial charge in [-0.25, -0.2) is 14.8 Å². The Kier molecular flexibility index (Phi) is 6.01. The number of esters is 1. The Balaban J connectivity index is 1.75. The van der Waals surface area contributed by atoms with Crippen LogP contribution < -0.4 is 16.2 Å². The van der Waals surface area contributed by atoms with Gasteiger partial charge >= 0.3 is 5.97 Å². The largest absolute Gasteiger partial charge is 0.490 e. The molecule has 2 aliphatic rings. The Morgan fingerprint density at radius 1 is 1.19 bits per heavy atom. The van der Waals surface area contributed by atoms with E-state index in [0.29, 0.717) is 11.5 Å². The van der Waals surface area contributed by atoms with Crippen LogP contribution in [0.3, 0.4) is 0 Å². The summed E-state index contributed by atoms with van der Waals surface area (Å²) in [5.41, 5.74) is 15.4. The van der Waals surface area contributed by atoms with E-state index in [2.05, 4.69) is 19.9 Å². The molecule has 0 aliphatic heterocycles. The van der Waals surface area contributed by atoms with Crippen molar-refractivity contribution >= 4 is 17.5 Å². The maximum Gasteiger partial charge on any atom is 0.346 e. The van der Waals surface area contributed by atoms with Crippen molar-refractivity contribution in [3.63, 3.8) is 0 Å². The van der Waals surface area contributed by atoms with Gasteiger partial charge in [0.05, 0.1) is 24.6 Å². The molecule has 0 amide bonds. The first-order chi connectivity index (χ1) is 15.3. The number of nitrogens with zero attached hydrogens (tertiary/aromatic N) is 3. The lowest BCUT2D eigenvalue weighted by Gasteiger charge is -2.35. The molecule has 170 valence electrons. The van der Waals surface area contributed by atoms with E-state index in [0.717, 1.165) is 53.8 Å². The predicted octanol–water partition coefficient (Wildman–Crippen LogP) is 2.56. The van der Waals surface area contributed by atoms with Crippen LogP contribution in [0.1, 0.15) is 50.7 Å². The molecule has 0 atom stereocenters. The second kappa shape index (κ2) is 8.74. The summed E-state index contributed by atoms with van der Waals surface area (Å²) >= 11 is 0. The van der Waals surface area contributed by atoms with Gasteiger partial charge in [0, 0.05) is 28.1 Å². The third kappa shape index (κ3) is 4.12. The number of anilines is 1. The average Bonchev–Trinajstić information content (AvgIpc) is 2.77. The molecule has 0 radical (unpaired) electrons. The Labute approximate surface area is 187 Å². The fraction of sp³-hybridized carbons (Fsp3) is 0.478. The molecule has 1 saturated carbocycles. The van der Waals surface area contributed by atoms with Gasteiger partial charge in [0.15, 0.2) is 0 Å². The van der Waals surface area contributed by atoms with Crippen LogP contribution in [-0.2, 0) is 19.8 Å². The standard InChI is InChI=1S/C23H29N5O4/c1-23(2)19-20(26-12-27-22(19)25)16-9-8-15(32-14-6-4-13(24)5-7-14)10-17(16)21(23)28-31-11-18(29)30-3/h8-10,12-14H,4-7,11,24H2,1-3H3,(H2,25,26,27)/b28-21+. The zero-order valence-electron chi connectivity index (χ0n) is 18.6. The molecule has 1 aromatic carbocycles. The first kappa shape index (κ1) is 22.0. The molecule has 0 spiro atoms. The fourth-order valence-corrected chi connectivity index (χ4v) is 4.44. The van der Waals surface area contributed by atoms with Gasteiger partial charge in [-0.05, 0) is 57.7 Å². The van der Waals surface area contributed by atoms with Crippen molar-refractivity contribution in [3.8, 4) is 17.0 Å². The molecule has 1 fully saturated rings. The van der Waals surface area contributed by atoms with Gasteiger partial charge in [0.2, 0.25) is 6.61 Å². The van der Waals surface area contributed by atoms with Gasteiger partial charge in [0.25, 0.3) is 0 Å². The number of ether oxygens (including phenoxy) is 2. The van der Waals surface area contributed by atoms with Crippen molar-refractivity contribution in [2.75, 3.05) is 19.5 Å². The van der Waals surface area contributed by atoms with E-state index in [1.165, 1.54) is 13.4 Å². The van der Waals surface area contributed by atoms with Crippen molar-refractivity contribution in [3.05, 3.63) is 35.7 Å². The van der Waals surface area contributed by atoms with Crippen LogP contribution in [-0.4, -0.2) is 47.5 Å². The smallest absolute Gasteiger partial charge is 0.346 e. The predicted molar refractivity (Wildman–Crippen MR) is 120 cm³/mol. The Morgan fingerprint density at radius 2 is 1.94 bits per heavy atom. The maximum absolute atomic E-state index is 11.5. The minimum absolute atomic E-state index is 0.130. The minimum Gasteiger partial charge on any atom is -0.490 e. The number of nitrogen functional groups attached to an aromatic ring is 1. The van der Waals surface area contributed by atoms with E-state index in [1.807, 2.05) is 32.0 Å². The van der Waals surface area contributed by atoms with Crippen molar-refractivity contribution < 1.29 is 19.1 Å². The number of fused-ring (bicyclic) bond motifs is 3. The zero-order valence-corrected chi connectivity index (χ0v) is 18.6. The van der Waals surface area contributed by atoms with Crippen LogP contribution in [0.4, 0.5) is 5.82 Å². The van der Waals surface area contributed by atoms with Crippen LogP contribution in [0.5, 0.6) is 5.75 Å². The lowest BCUT2D eigenvalue weighted by atomic mass is 9.70. The lowest BCUT2D eigenvalue weighted by Crippen LogP contribution is -2.36. The number of hydrogen-bond acceptors (Lipinski definition) is 9. The van der Waals surface area contributed by atoms with Crippen molar-refractivity contribution in [2.24, 2.45) is 10.9 Å². The van der Waals surface area contributed by atoms with E-state index in [4.69, 9.17) is 21.0 Å². The van der Waals surface area contributed by atoms with Crippen LogP contribution in [0, 0.1) is 0 Å². The molecule has 9 nitrogen and oxygen atoms in total. The molecule has 2 aliphatic carbocycles. The molecule has 1 aromatic heterocycles. The molecular weight excluding hydrogens is 410 g/mol. The molecule has 4 rings (SSSR count). The average molecular weight is 440 g/mol. The quantitative estimate of drug-likeness (QED) is 0.536. The zero-order chi connectivity index (χ0) is 22.9. The highest BCUT2D eigenvalue weighted by molar-refractivity contribution is 6.15. The van der Waals surface area contributed by atoms with Gasteiger partial charge in [0.1, 0.15) is 17.9 Å². The summed E-state index contributed by atoms with van der Waals surface area (Å²) in [6, 6.07) is 6.09. The molecule has 0 bridgehead atoms. The van der Waals surface area contributed by atoms with E-state index in [9.17, 15) is 4.79 Å². The lowest BCUT2D eigenvalue weighted by molar-refractivity contribution is -0.145. The van der Waals surface area contributed by atoms with Gasteiger partial charge < -0.3 is 25.8 Å². The molecule has 0 saturated heterocycles. The molecule has 32 heavy (non-hydrogen) atoms. The number of benzene rings is 1. The summed E-state index contributed by atoms with van der Waals surface area (Å²) in [6.45, 7) is 3.66. The molecule has 0 unspecified atom stereocenters. The summed E-state index contributed by atoms with van der Waals surface area (Å²) < 4.78 is 10.9. The first-order valence-electron chi connectivity index (χ1n) is 10.8. The van der Waals surface area contributed by atoms with E-state index in [-0.39, 0.29) is 18.8 Å². The number of methoxy groups -OCH3 is 1. The van der Waals surface area contributed by atoms with E-state index >= 15 is 0 Å². The first-order valence-corrected chi connectivity index (χ1v) is 10.8. The Hall–Kier alpha value is -3.20. The third-order valence-corrected chi connectivity index (χ3v) is 6.18. The summed E-state index contributed by atoms with van der Waals surface area (Å²) in [5.74, 6) is 0.607. The number of carbonyl (C=O) groups is 1. The molecular formula is C23H29N5O4. The molecule has 4 N–H and O–H groups in total. The van der Waals surface area contributed by atoms with Crippen LogP contribution in [0.15, 0.2) is 29.7 Å². The van der Waals surface area contributed by atoms with E-state index in [1.54, 1.807) is 0 Å². The van der Waals surface area contributed by atoms with Crippen LogP contribution >= 0.6 is 0 Å². The number of oxime groups is 1. The highest BCUT2D eigenvalue weighted by atomic mass is 16.6. The normalized spacial score (nSPS) is 22.6. The van der Waals surface area contributed by atoms with Gasteiger partial charge in [-0.2, -0.15) is 0 Å². The minimum atomic E-state index is -0.667. The monoisotopic (exact) mass is 439 g/mol. The van der Waals surface area contributed by atoms with Crippen LogP contribution in [0.2, 0.25) is 0 Å². The fourth-order valence-electron chi connectivity index (χ4n) is 4.44. The van der Waals surface area contributed by atoms with Crippen molar-refractivity contribution in [1.82, 2.24) is 9.97 Å². The van der Waals surface area contributed by atoms with E-state index < -0.39 is 11.4 Å². The number of carbonyl (C=O) groups excluding carboxylic acids is 1. The second-order valence-electron chi connectivity index (χ2n) is 8.76. The summed E-state index contributed by atoms with van der Waals surface area (Å²) in [5, 5.41) is 4.34. The molecule has 9 heteroatoms. The van der Waals surface area contributed by atoms with Crippen LogP contribution in [0.25, 0.3) is 11.3 Å². The maximum atomic E-state index is 11.5. The number of rotatable bonds is 5. The SMILES string of the molecule is COC(=O)CO/N=C1\c2cc(OC3CCC(N)CC3)ccc2-c2ncnc(N)c2C1(C)C. The highest BCUT2D eigenvalue weighted by Crippen LogP contribution is 2.45. The molecule has 2 aromatic rings. The van der Waals surface area contributed by atoms with Gasteiger partial charge in [-0.1, -0.05) is 5.16 Å². The second-order valence-corrected chi connectivity index (χ2v) is 8.76. The number of hydrogen-bond donors (Lipinski definition) is 2. The summed E-state index contributed by atoms with van der Waals surface area (Å²) in [7, 11) is 1.30. The number of aromatic nitrogens is 2. The van der Waals surface area contributed by atoms with Gasteiger partial charge in [-0.3, -0.25) is 0 Å². The topological polar surface area (TPSA) is 135 Å². The van der Waals surface area contributed by atoms with Crippen molar-refractivity contribution in [2.45, 2.75) is 57.1 Å².